The molecule has 118 valence electrons. The van der Waals surface area contributed by atoms with Crippen LogP contribution in [0.5, 0.6) is 0 Å². The van der Waals surface area contributed by atoms with Crippen molar-refractivity contribution < 1.29 is 9.90 Å². The molecule has 0 radical (unpaired) electrons. The molecule has 0 amide bonds. The summed E-state index contributed by atoms with van der Waals surface area (Å²) < 4.78 is 1.74. The van der Waals surface area contributed by atoms with Crippen molar-refractivity contribution in [1.29, 1.82) is 0 Å². The van der Waals surface area contributed by atoms with Crippen LogP contribution in [0.4, 0.5) is 5.82 Å². The Hall–Kier alpha value is -3.48. The van der Waals surface area contributed by atoms with Crippen molar-refractivity contribution in [3.8, 4) is 0 Å². The standard InChI is InChI=1S/C17H13N5O2/c23-17(24)13-4-7-22-14-10-19-6-3-12(14)15(21-16(13)22)20-9-11-2-1-5-18-8-11/h1-8,10H,9H2,(H,20,21)(H,23,24). The molecule has 4 aromatic heterocycles. The van der Waals surface area contributed by atoms with Crippen LogP contribution in [-0.2, 0) is 6.54 Å². The average Bonchev–Trinajstić information content (AvgIpc) is 3.05. The number of hydrogen-bond donors (Lipinski definition) is 2. The Morgan fingerprint density at radius 3 is 2.83 bits per heavy atom. The van der Waals surface area contributed by atoms with Gasteiger partial charge in [-0.1, -0.05) is 6.07 Å². The molecule has 0 saturated carbocycles. The second kappa shape index (κ2) is 5.62. The molecule has 7 heteroatoms. The van der Waals surface area contributed by atoms with Gasteiger partial charge in [0, 0.05) is 36.7 Å². The van der Waals surface area contributed by atoms with E-state index in [1.54, 1.807) is 41.5 Å². The van der Waals surface area contributed by atoms with E-state index in [-0.39, 0.29) is 5.56 Å². The first-order chi connectivity index (χ1) is 11.7. The second-order valence-corrected chi connectivity index (χ2v) is 5.30. The average molecular weight is 319 g/mol. The van der Waals surface area contributed by atoms with E-state index >= 15 is 0 Å². The SMILES string of the molecule is O=C(O)c1ccn2c1nc(NCc1cccnc1)c1ccncc12. The normalized spacial score (nSPS) is 11.0. The molecule has 2 N–H and O–H groups in total. The highest BCUT2D eigenvalue weighted by Gasteiger charge is 2.15. The van der Waals surface area contributed by atoms with Crippen LogP contribution in [0.3, 0.4) is 0 Å². The van der Waals surface area contributed by atoms with E-state index in [0.717, 1.165) is 16.5 Å². The number of aromatic nitrogens is 4. The highest BCUT2D eigenvalue weighted by atomic mass is 16.4. The van der Waals surface area contributed by atoms with Crippen LogP contribution in [0, 0.1) is 0 Å². The fourth-order valence-electron chi connectivity index (χ4n) is 2.67. The number of carboxylic acid groups (broad SMARTS) is 1. The summed E-state index contributed by atoms with van der Waals surface area (Å²) in [6, 6.07) is 7.23. The van der Waals surface area contributed by atoms with Crippen molar-refractivity contribution in [2.24, 2.45) is 0 Å². The molecule has 7 nitrogen and oxygen atoms in total. The number of pyridine rings is 2. The lowest BCUT2D eigenvalue weighted by atomic mass is 10.2. The molecule has 0 unspecified atom stereocenters. The third kappa shape index (κ3) is 2.32. The van der Waals surface area contributed by atoms with Crippen molar-refractivity contribution in [3.63, 3.8) is 0 Å². The number of nitrogens with zero attached hydrogens (tertiary/aromatic N) is 4. The van der Waals surface area contributed by atoms with Crippen molar-refractivity contribution in [2.75, 3.05) is 5.32 Å². The molecule has 0 aliphatic rings. The number of hydrogen-bond acceptors (Lipinski definition) is 5. The molecule has 0 fully saturated rings. The Bertz CT molecular complexity index is 1040. The maximum absolute atomic E-state index is 11.4. The van der Waals surface area contributed by atoms with Gasteiger partial charge >= 0.3 is 5.97 Å². The largest absolute Gasteiger partial charge is 0.478 e. The number of carboxylic acids is 1. The molecule has 0 spiro atoms. The molecule has 0 aromatic carbocycles. The van der Waals surface area contributed by atoms with Crippen LogP contribution < -0.4 is 5.32 Å². The lowest BCUT2D eigenvalue weighted by Gasteiger charge is -2.11. The van der Waals surface area contributed by atoms with Gasteiger partial charge in [0.05, 0.1) is 11.7 Å². The maximum Gasteiger partial charge on any atom is 0.339 e. The van der Waals surface area contributed by atoms with E-state index in [4.69, 9.17) is 0 Å². The van der Waals surface area contributed by atoms with Crippen molar-refractivity contribution in [1.82, 2.24) is 19.4 Å². The zero-order chi connectivity index (χ0) is 16.5. The third-order valence-electron chi connectivity index (χ3n) is 3.80. The highest BCUT2D eigenvalue weighted by Crippen LogP contribution is 2.25. The Morgan fingerprint density at radius 2 is 2.04 bits per heavy atom. The van der Waals surface area contributed by atoms with Crippen LogP contribution in [-0.4, -0.2) is 30.4 Å². The topological polar surface area (TPSA) is 92.4 Å². The summed E-state index contributed by atoms with van der Waals surface area (Å²) in [5.74, 6) is -0.392. The molecule has 24 heavy (non-hydrogen) atoms. The van der Waals surface area contributed by atoms with Gasteiger partial charge in [-0.15, -0.1) is 0 Å². The third-order valence-corrected chi connectivity index (χ3v) is 3.80. The van der Waals surface area contributed by atoms with Crippen LogP contribution in [0.1, 0.15) is 15.9 Å². The minimum Gasteiger partial charge on any atom is -0.478 e. The Labute approximate surface area is 136 Å². The number of anilines is 1. The van der Waals surface area contributed by atoms with E-state index in [1.165, 1.54) is 0 Å². The van der Waals surface area contributed by atoms with Crippen LogP contribution in [0.15, 0.2) is 55.2 Å². The van der Waals surface area contributed by atoms with Gasteiger partial charge in [-0.25, -0.2) is 9.78 Å². The zero-order valence-electron chi connectivity index (χ0n) is 12.5. The number of carbonyl (C=O) groups is 1. The van der Waals surface area contributed by atoms with Gasteiger partial charge in [0.2, 0.25) is 0 Å². The first-order valence-corrected chi connectivity index (χ1v) is 7.35. The van der Waals surface area contributed by atoms with Crippen LogP contribution in [0.2, 0.25) is 0 Å². The Morgan fingerprint density at radius 1 is 1.17 bits per heavy atom. The lowest BCUT2D eigenvalue weighted by molar-refractivity contribution is 0.0699. The summed E-state index contributed by atoms with van der Waals surface area (Å²) in [7, 11) is 0. The molecular formula is C17H13N5O2. The quantitative estimate of drug-likeness (QED) is 0.600. The van der Waals surface area contributed by atoms with E-state index < -0.39 is 5.97 Å². The number of aromatic carboxylic acids is 1. The van der Waals surface area contributed by atoms with E-state index in [1.807, 2.05) is 18.2 Å². The zero-order valence-corrected chi connectivity index (χ0v) is 12.5. The first kappa shape index (κ1) is 14.1. The lowest BCUT2D eigenvalue weighted by Crippen LogP contribution is -2.06. The number of fused-ring (bicyclic) bond motifs is 3. The van der Waals surface area contributed by atoms with Gasteiger partial charge in [-0.05, 0) is 23.8 Å². The van der Waals surface area contributed by atoms with Gasteiger partial charge in [0.1, 0.15) is 11.4 Å². The minimum absolute atomic E-state index is 0.158. The highest BCUT2D eigenvalue weighted by molar-refractivity contribution is 5.98. The molecule has 0 bridgehead atoms. The fraction of sp³-hybridized carbons (Fsp3) is 0.0588. The number of nitrogens with one attached hydrogen (secondary N) is 1. The van der Waals surface area contributed by atoms with E-state index in [0.29, 0.717) is 18.0 Å². The Kier molecular flexibility index (Phi) is 3.31. The van der Waals surface area contributed by atoms with Crippen molar-refractivity contribution in [2.45, 2.75) is 6.54 Å². The molecule has 4 aromatic rings. The molecule has 0 atom stereocenters. The molecule has 4 rings (SSSR count). The first-order valence-electron chi connectivity index (χ1n) is 7.35. The van der Waals surface area contributed by atoms with Gasteiger partial charge in [0.25, 0.3) is 0 Å². The van der Waals surface area contributed by atoms with Gasteiger partial charge < -0.3 is 10.4 Å². The molecule has 0 aliphatic carbocycles. The summed E-state index contributed by atoms with van der Waals surface area (Å²) in [6.45, 7) is 0.539. The van der Waals surface area contributed by atoms with E-state index in [2.05, 4.69) is 20.3 Å². The predicted octanol–water partition coefficient (Wildman–Crippen LogP) is 2.59. The van der Waals surface area contributed by atoms with Gasteiger partial charge in [0.15, 0.2) is 5.65 Å². The predicted molar refractivity (Wildman–Crippen MR) is 89.0 cm³/mol. The van der Waals surface area contributed by atoms with Crippen molar-refractivity contribution in [3.05, 3.63) is 66.4 Å². The maximum atomic E-state index is 11.4. The summed E-state index contributed by atoms with van der Waals surface area (Å²) in [5, 5.41) is 13.5. The van der Waals surface area contributed by atoms with Gasteiger partial charge in [-0.2, -0.15) is 0 Å². The van der Waals surface area contributed by atoms with E-state index in [9.17, 15) is 9.90 Å². The molecule has 0 aliphatic heterocycles. The fourth-order valence-corrected chi connectivity index (χ4v) is 2.67. The second-order valence-electron chi connectivity index (χ2n) is 5.30. The molecule has 0 saturated heterocycles. The van der Waals surface area contributed by atoms with Crippen LogP contribution in [0.25, 0.3) is 16.6 Å². The molecule has 4 heterocycles. The Balaban J connectivity index is 1.85. The number of rotatable bonds is 4. The summed E-state index contributed by atoms with van der Waals surface area (Å²) in [4.78, 5) is 24.2. The van der Waals surface area contributed by atoms with Gasteiger partial charge in [-0.3, -0.25) is 14.4 Å². The summed E-state index contributed by atoms with van der Waals surface area (Å²) >= 11 is 0. The smallest absolute Gasteiger partial charge is 0.339 e. The molecular weight excluding hydrogens is 306 g/mol. The monoisotopic (exact) mass is 319 g/mol. The van der Waals surface area contributed by atoms with Crippen LogP contribution >= 0.6 is 0 Å². The minimum atomic E-state index is -1.01. The van der Waals surface area contributed by atoms with Crippen molar-refractivity contribution >= 4 is 28.3 Å². The summed E-state index contributed by atoms with van der Waals surface area (Å²) in [5.41, 5.74) is 2.35. The summed E-state index contributed by atoms with van der Waals surface area (Å²) in [6.07, 6.45) is 8.57.